The Labute approximate surface area is 102 Å². The lowest BCUT2D eigenvalue weighted by atomic mass is 10.3. The van der Waals surface area contributed by atoms with Gasteiger partial charge in [-0.3, -0.25) is 0 Å². The first-order valence-electron chi connectivity index (χ1n) is 4.61. The van der Waals surface area contributed by atoms with Gasteiger partial charge in [0.25, 0.3) is 0 Å². The number of halogens is 1. The molecule has 84 valence electrons. The quantitative estimate of drug-likeness (QED) is 0.761. The van der Waals surface area contributed by atoms with Crippen LogP contribution in [0.3, 0.4) is 0 Å². The van der Waals surface area contributed by atoms with Gasteiger partial charge in [-0.1, -0.05) is 0 Å². The van der Waals surface area contributed by atoms with Gasteiger partial charge in [-0.2, -0.15) is 0 Å². The van der Waals surface area contributed by atoms with E-state index < -0.39 is 6.10 Å². The van der Waals surface area contributed by atoms with Crippen LogP contribution in [-0.2, 0) is 4.74 Å². The molecule has 0 bridgehead atoms. The SMILES string of the molecule is COCC(O)CCNc1ncc(I)cn1. The first kappa shape index (κ1) is 12.6. The summed E-state index contributed by atoms with van der Waals surface area (Å²) in [7, 11) is 1.57. The number of hydrogen-bond acceptors (Lipinski definition) is 5. The van der Waals surface area contributed by atoms with E-state index in [1.54, 1.807) is 19.5 Å². The second-order valence-corrected chi connectivity index (χ2v) is 4.30. The summed E-state index contributed by atoms with van der Waals surface area (Å²) in [6.07, 6.45) is 3.65. The van der Waals surface area contributed by atoms with Crippen molar-refractivity contribution in [2.45, 2.75) is 12.5 Å². The summed E-state index contributed by atoms with van der Waals surface area (Å²) in [5.74, 6) is 0.583. The second-order valence-electron chi connectivity index (χ2n) is 3.05. The van der Waals surface area contributed by atoms with E-state index in [1.165, 1.54) is 0 Å². The highest BCUT2D eigenvalue weighted by molar-refractivity contribution is 14.1. The molecule has 1 atom stereocenters. The maximum absolute atomic E-state index is 9.36. The van der Waals surface area contributed by atoms with E-state index in [1.807, 2.05) is 0 Å². The zero-order valence-corrected chi connectivity index (χ0v) is 10.6. The smallest absolute Gasteiger partial charge is 0.222 e. The summed E-state index contributed by atoms with van der Waals surface area (Å²) in [6, 6.07) is 0. The normalized spacial score (nSPS) is 12.5. The number of hydrogen-bond donors (Lipinski definition) is 2. The minimum Gasteiger partial charge on any atom is -0.391 e. The molecule has 0 saturated carbocycles. The Balaban J connectivity index is 2.22. The fourth-order valence-electron chi connectivity index (χ4n) is 1.03. The molecule has 1 heterocycles. The number of nitrogens with zero attached hydrogens (tertiary/aromatic N) is 2. The van der Waals surface area contributed by atoms with Crippen molar-refractivity contribution in [2.24, 2.45) is 0 Å². The summed E-state index contributed by atoms with van der Waals surface area (Å²) in [4.78, 5) is 8.16. The van der Waals surface area contributed by atoms with Crippen molar-refractivity contribution in [3.63, 3.8) is 0 Å². The van der Waals surface area contributed by atoms with Crippen molar-refractivity contribution >= 4 is 28.5 Å². The fourth-order valence-corrected chi connectivity index (χ4v) is 1.31. The molecule has 0 aliphatic heterocycles. The van der Waals surface area contributed by atoms with Gasteiger partial charge >= 0.3 is 0 Å². The summed E-state index contributed by atoms with van der Waals surface area (Å²) < 4.78 is 5.81. The second kappa shape index (κ2) is 6.91. The van der Waals surface area contributed by atoms with Crippen LogP contribution in [0.15, 0.2) is 12.4 Å². The molecule has 0 aliphatic rings. The van der Waals surface area contributed by atoms with Gasteiger partial charge in [0.1, 0.15) is 0 Å². The van der Waals surface area contributed by atoms with Gasteiger partial charge in [-0.15, -0.1) is 0 Å². The van der Waals surface area contributed by atoms with E-state index in [0.717, 1.165) is 3.57 Å². The third-order valence-corrected chi connectivity index (χ3v) is 2.30. The van der Waals surface area contributed by atoms with Crippen molar-refractivity contribution in [2.75, 3.05) is 25.6 Å². The molecule has 6 heteroatoms. The average Bonchev–Trinajstić information content (AvgIpc) is 2.21. The zero-order valence-electron chi connectivity index (χ0n) is 8.48. The van der Waals surface area contributed by atoms with Crippen LogP contribution >= 0.6 is 22.6 Å². The Morgan fingerprint density at radius 1 is 1.53 bits per heavy atom. The lowest BCUT2D eigenvalue weighted by molar-refractivity contribution is 0.0615. The van der Waals surface area contributed by atoms with E-state index in [2.05, 4.69) is 37.9 Å². The van der Waals surface area contributed by atoms with Gasteiger partial charge in [0.2, 0.25) is 5.95 Å². The zero-order chi connectivity index (χ0) is 11.1. The molecule has 2 N–H and O–H groups in total. The molecular weight excluding hydrogens is 309 g/mol. The van der Waals surface area contributed by atoms with Crippen LogP contribution in [0.5, 0.6) is 0 Å². The molecule has 1 unspecified atom stereocenters. The Bertz CT molecular complexity index is 281. The molecule has 0 radical (unpaired) electrons. The third kappa shape index (κ3) is 5.24. The highest BCUT2D eigenvalue weighted by atomic mass is 127. The minimum atomic E-state index is -0.439. The molecule has 0 saturated heterocycles. The molecule has 0 aromatic carbocycles. The summed E-state index contributed by atoms with van der Waals surface area (Å²) in [5, 5.41) is 12.4. The number of methoxy groups -OCH3 is 1. The van der Waals surface area contributed by atoms with Gasteiger partial charge in [0, 0.05) is 29.6 Å². The molecule has 1 aromatic heterocycles. The Hall–Kier alpha value is -0.470. The van der Waals surface area contributed by atoms with Crippen LogP contribution in [0.4, 0.5) is 5.95 Å². The molecule has 0 spiro atoms. The van der Waals surface area contributed by atoms with Crippen LogP contribution < -0.4 is 5.32 Å². The van der Waals surface area contributed by atoms with Gasteiger partial charge in [-0.05, 0) is 29.0 Å². The van der Waals surface area contributed by atoms with Crippen molar-refractivity contribution in [3.8, 4) is 0 Å². The van der Waals surface area contributed by atoms with E-state index in [-0.39, 0.29) is 0 Å². The Morgan fingerprint density at radius 2 is 2.20 bits per heavy atom. The topological polar surface area (TPSA) is 67.3 Å². The summed E-state index contributed by atoms with van der Waals surface area (Å²) in [5.41, 5.74) is 0. The minimum absolute atomic E-state index is 0.356. The van der Waals surface area contributed by atoms with Gasteiger partial charge in [-0.25, -0.2) is 9.97 Å². The molecule has 1 aromatic rings. The predicted molar refractivity (Wildman–Crippen MR) is 65.7 cm³/mol. The Kier molecular flexibility index (Phi) is 5.81. The van der Waals surface area contributed by atoms with Crippen LogP contribution in [0, 0.1) is 3.57 Å². The molecule has 5 nitrogen and oxygen atoms in total. The number of nitrogens with one attached hydrogen (secondary N) is 1. The number of aromatic nitrogens is 2. The van der Waals surface area contributed by atoms with Gasteiger partial charge < -0.3 is 15.2 Å². The lowest BCUT2D eigenvalue weighted by Gasteiger charge is -2.09. The molecule has 0 fully saturated rings. The number of rotatable bonds is 6. The number of ether oxygens (including phenoxy) is 1. The third-order valence-electron chi connectivity index (χ3n) is 1.74. The van der Waals surface area contributed by atoms with Crippen molar-refractivity contribution in [1.82, 2.24) is 9.97 Å². The van der Waals surface area contributed by atoms with Crippen molar-refractivity contribution in [3.05, 3.63) is 16.0 Å². The van der Waals surface area contributed by atoms with Crippen LogP contribution in [0.1, 0.15) is 6.42 Å². The van der Waals surface area contributed by atoms with Gasteiger partial charge in [0.05, 0.1) is 12.7 Å². The fraction of sp³-hybridized carbons (Fsp3) is 0.556. The van der Waals surface area contributed by atoms with Crippen LogP contribution in [-0.4, -0.2) is 41.4 Å². The molecule has 15 heavy (non-hydrogen) atoms. The maximum Gasteiger partial charge on any atom is 0.222 e. The maximum atomic E-state index is 9.36. The number of aliphatic hydroxyl groups excluding tert-OH is 1. The standard InChI is InChI=1S/C9H14IN3O2/c1-15-6-8(14)2-3-11-9-12-4-7(10)5-13-9/h4-5,8,14H,2-3,6H2,1H3,(H,11,12,13). The predicted octanol–water partition coefficient (Wildman–Crippen LogP) is 0.890. The lowest BCUT2D eigenvalue weighted by Crippen LogP contribution is -2.18. The van der Waals surface area contributed by atoms with Crippen molar-refractivity contribution in [1.29, 1.82) is 0 Å². The van der Waals surface area contributed by atoms with E-state index in [9.17, 15) is 5.11 Å². The number of anilines is 1. The summed E-state index contributed by atoms with van der Waals surface area (Å²) in [6.45, 7) is 0.986. The first-order valence-corrected chi connectivity index (χ1v) is 5.68. The van der Waals surface area contributed by atoms with Crippen LogP contribution in [0.25, 0.3) is 0 Å². The number of aliphatic hydroxyl groups is 1. The first-order chi connectivity index (χ1) is 7.22. The van der Waals surface area contributed by atoms with Crippen molar-refractivity contribution < 1.29 is 9.84 Å². The molecule has 1 rings (SSSR count). The largest absolute Gasteiger partial charge is 0.391 e. The average molecular weight is 323 g/mol. The molecular formula is C9H14IN3O2. The highest BCUT2D eigenvalue weighted by Crippen LogP contribution is 2.03. The van der Waals surface area contributed by atoms with Crippen LogP contribution in [0.2, 0.25) is 0 Å². The monoisotopic (exact) mass is 323 g/mol. The van der Waals surface area contributed by atoms with E-state index in [4.69, 9.17) is 4.74 Å². The molecule has 0 amide bonds. The molecule has 0 aliphatic carbocycles. The highest BCUT2D eigenvalue weighted by Gasteiger charge is 2.02. The Morgan fingerprint density at radius 3 is 2.80 bits per heavy atom. The summed E-state index contributed by atoms with van der Waals surface area (Å²) >= 11 is 2.15. The van der Waals surface area contributed by atoms with E-state index in [0.29, 0.717) is 25.5 Å². The van der Waals surface area contributed by atoms with E-state index >= 15 is 0 Å². The van der Waals surface area contributed by atoms with Gasteiger partial charge in [0.15, 0.2) is 0 Å².